The molecule has 448 valence electrons. The number of aliphatic hydroxyl groups excluding tert-OH is 1. The molecule has 0 saturated carbocycles. The number of ether oxygens (including phenoxy) is 3. The minimum atomic E-state index is -4.77. The summed E-state index contributed by atoms with van der Waals surface area (Å²) in [6.45, 7) is 4.42. The zero-order chi connectivity index (χ0) is 56.9. The number of carbonyl (C=O) groups is 3. The molecule has 0 aliphatic heterocycles. The molecule has 0 bridgehead atoms. The molecule has 0 rings (SSSR count). The summed E-state index contributed by atoms with van der Waals surface area (Å²) in [6.07, 6.45) is 70.8. The molecular weight excluding hydrogens is 1000 g/mol. The van der Waals surface area contributed by atoms with Crippen LogP contribution < -0.4 is 0 Å². The first kappa shape index (κ1) is 74.4. The number of phosphoric acid groups is 1. The van der Waals surface area contributed by atoms with Crippen molar-refractivity contribution in [2.45, 2.75) is 277 Å². The smallest absolute Gasteiger partial charge is 0.462 e. The maximum Gasteiger partial charge on any atom is 0.472 e. The Morgan fingerprint density at radius 1 is 0.372 bits per heavy atom. The molecule has 0 amide bonds. The molecule has 0 radical (unpaired) electrons. The van der Waals surface area contributed by atoms with Crippen molar-refractivity contribution in [2.24, 2.45) is 0 Å². The molecule has 3 unspecified atom stereocenters. The van der Waals surface area contributed by atoms with Gasteiger partial charge in [0.1, 0.15) is 12.7 Å². The van der Waals surface area contributed by atoms with Gasteiger partial charge in [-0.1, -0.05) is 227 Å². The summed E-state index contributed by atoms with van der Waals surface area (Å²) in [5.74, 6) is -1.52. The Morgan fingerprint density at radius 3 is 1.10 bits per heavy atom. The van der Waals surface area contributed by atoms with Crippen LogP contribution in [0.5, 0.6) is 0 Å². The minimum Gasteiger partial charge on any atom is -0.462 e. The molecule has 0 aromatic carbocycles. The van der Waals surface area contributed by atoms with Crippen LogP contribution in [0.1, 0.15) is 265 Å². The van der Waals surface area contributed by atoms with Crippen LogP contribution in [0.2, 0.25) is 0 Å². The van der Waals surface area contributed by atoms with Crippen molar-refractivity contribution in [1.29, 1.82) is 0 Å². The van der Waals surface area contributed by atoms with E-state index in [0.717, 1.165) is 122 Å². The van der Waals surface area contributed by atoms with Gasteiger partial charge >= 0.3 is 25.7 Å². The van der Waals surface area contributed by atoms with Gasteiger partial charge in [-0.25, -0.2) is 4.57 Å². The quantitative estimate of drug-likeness (QED) is 0.0197. The van der Waals surface area contributed by atoms with E-state index < -0.39 is 57.8 Å². The van der Waals surface area contributed by atoms with E-state index in [-0.39, 0.29) is 25.9 Å². The highest BCUT2D eigenvalue weighted by Gasteiger charge is 2.28. The van der Waals surface area contributed by atoms with Crippen molar-refractivity contribution < 1.29 is 52.2 Å². The molecule has 78 heavy (non-hydrogen) atoms. The second-order valence-corrected chi connectivity index (χ2v) is 21.9. The average molecular weight is 1110 g/mol. The molecule has 0 aromatic rings. The van der Waals surface area contributed by atoms with Crippen molar-refractivity contribution in [3.05, 3.63) is 97.2 Å². The van der Waals surface area contributed by atoms with Crippen LogP contribution in [-0.4, -0.2) is 66.5 Å². The predicted octanol–water partition coefficient (Wildman–Crippen LogP) is 18.8. The maximum atomic E-state index is 12.9. The lowest BCUT2D eigenvalue weighted by Gasteiger charge is -2.21. The summed E-state index contributed by atoms with van der Waals surface area (Å²) in [6, 6.07) is 0. The summed E-state index contributed by atoms with van der Waals surface area (Å²) < 4.78 is 39.6. The van der Waals surface area contributed by atoms with Crippen molar-refractivity contribution in [3.8, 4) is 0 Å². The number of unbranched alkanes of at least 4 members (excludes halogenated alkanes) is 24. The number of hydrogen-bond donors (Lipinski definition) is 2. The number of rotatable bonds is 57. The first-order valence-electron chi connectivity index (χ1n) is 31.1. The van der Waals surface area contributed by atoms with Crippen LogP contribution in [0.15, 0.2) is 97.2 Å². The van der Waals surface area contributed by atoms with Gasteiger partial charge in [0.25, 0.3) is 0 Å². The topological polar surface area (TPSA) is 155 Å². The summed E-state index contributed by atoms with van der Waals surface area (Å²) in [4.78, 5) is 48.7. The molecule has 0 aliphatic carbocycles. The first-order chi connectivity index (χ1) is 38.2. The molecule has 3 atom stereocenters. The number of carbonyl (C=O) groups excluding carboxylic acids is 3. The first-order valence-corrected chi connectivity index (χ1v) is 32.6. The van der Waals surface area contributed by atoms with E-state index in [0.29, 0.717) is 19.3 Å². The molecule has 12 heteroatoms. The average Bonchev–Trinajstić information content (AvgIpc) is 3.43. The Morgan fingerprint density at radius 2 is 0.692 bits per heavy atom. The van der Waals surface area contributed by atoms with Gasteiger partial charge in [-0.2, -0.15) is 0 Å². The Balaban J connectivity index is 4.78. The second kappa shape index (κ2) is 59.5. The summed E-state index contributed by atoms with van der Waals surface area (Å²) in [5, 5.41) is 9.82. The van der Waals surface area contributed by atoms with Crippen LogP contribution in [0.4, 0.5) is 0 Å². The maximum absolute atomic E-state index is 12.9. The van der Waals surface area contributed by atoms with Crippen LogP contribution in [0, 0.1) is 0 Å². The second-order valence-electron chi connectivity index (χ2n) is 20.5. The van der Waals surface area contributed by atoms with E-state index in [4.69, 9.17) is 23.3 Å². The van der Waals surface area contributed by atoms with E-state index in [9.17, 15) is 28.9 Å². The third-order valence-electron chi connectivity index (χ3n) is 12.9. The lowest BCUT2D eigenvalue weighted by Crippen LogP contribution is -2.30. The van der Waals surface area contributed by atoms with Crippen LogP contribution >= 0.6 is 7.82 Å². The standard InChI is InChI=1S/C66H113O11P/c1-4-7-10-13-16-19-22-25-27-29-31-33-35-38-40-43-46-49-52-55-64(68)73-59-63(77-66(70)57-54-51-48-45-42-39-36-34-32-30-28-26-23-20-17-14-11-8-5-2)61-75-78(71,72)74-60-62(58-67)76-65(69)56-53-50-47-44-41-37-24-21-18-15-12-9-6-3/h8,11-12,15,17,20-21,24-28,32,34,39,42,62-63,67H,4-7,9-10,13-14,16,18-19,22-23,29-31,33,35-38,40-41,43-61H2,1-3H3,(H,71,72)/b11-8-,15-12-,20-17-,24-21-,27-25-,28-26-,34-32-,42-39-. The number of esters is 3. The SMILES string of the molecule is CC/C=C\C/C=C\C/C=C\C/C=C\C/C=C\CCCCCC(=O)OC(COC(=O)CCCCCCCCCCC/C=C\CCCCCCCC)COP(=O)(O)OCC(CO)OC(=O)CCCCCCC/C=C\C/C=C\CCC. The Labute approximate surface area is 476 Å². The summed E-state index contributed by atoms with van der Waals surface area (Å²) in [7, 11) is -4.77. The van der Waals surface area contributed by atoms with Crippen molar-refractivity contribution in [2.75, 3.05) is 26.4 Å². The van der Waals surface area contributed by atoms with Gasteiger partial charge < -0.3 is 24.2 Å². The number of aliphatic hydroxyl groups is 1. The van der Waals surface area contributed by atoms with E-state index in [1.165, 1.54) is 83.5 Å². The molecular formula is C66H113O11P. The molecule has 0 heterocycles. The van der Waals surface area contributed by atoms with Gasteiger partial charge in [-0.15, -0.1) is 0 Å². The van der Waals surface area contributed by atoms with E-state index in [1.54, 1.807) is 0 Å². The van der Waals surface area contributed by atoms with Crippen LogP contribution in [0.25, 0.3) is 0 Å². The van der Waals surface area contributed by atoms with Gasteiger partial charge in [0, 0.05) is 19.3 Å². The highest BCUT2D eigenvalue weighted by atomic mass is 31.2. The summed E-state index contributed by atoms with van der Waals surface area (Å²) >= 11 is 0. The third kappa shape index (κ3) is 57.1. The number of allylic oxidation sites excluding steroid dienone is 16. The van der Waals surface area contributed by atoms with Crippen molar-refractivity contribution in [3.63, 3.8) is 0 Å². The molecule has 0 saturated heterocycles. The molecule has 11 nitrogen and oxygen atoms in total. The van der Waals surface area contributed by atoms with E-state index >= 15 is 0 Å². The fourth-order valence-corrected chi connectivity index (χ4v) is 9.02. The van der Waals surface area contributed by atoms with E-state index in [1.807, 2.05) is 0 Å². The van der Waals surface area contributed by atoms with Crippen molar-refractivity contribution in [1.82, 2.24) is 0 Å². The van der Waals surface area contributed by atoms with E-state index in [2.05, 4.69) is 118 Å². The molecule has 0 aromatic heterocycles. The lowest BCUT2D eigenvalue weighted by molar-refractivity contribution is -0.161. The largest absolute Gasteiger partial charge is 0.472 e. The lowest BCUT2D eigenvalue weighted by atomic mass is 10.1. The zero-order valence-electron chi connectivity index (χ0n) is 49.6. The fraction of sp³-hybridized carbons (Fsp3) is 0.712. The van der Waals surface area contributed by atoms with Gasteiger partial charge in [-0.3, -0.25) is 23.4 Å². The zero-order valence-corrected chi connectivity index (χ0v) is 50.5. The highest BCUT2D eigenvalue weighted by molar-refractivity contribution is 7.47. The van der Waals surface area contributed by atoms with Gasteiger partial charge in [0.2, 0.25) is 0 Å². The monoisotopic (exact) mass is 1110 g/mol. The molecule has 0 aliphatic rings. The molecule has 0 fully saturated rings. The van der Waals surface area contributed by atoms with Crippen LogP contribution in [0.3, 0.4) is 0 Å². The van der Waals surface area contributed by atoms with Gasteiger partial charge in [0.15, 0.2) is 6.10 Å². The fourth-order valence-electron chi connectivity index (χ4n) is 8.24. The Hall–Kier alpha value is -3.60. The summed E-state index contributed by atoms with van der Waals surface area (Å²) in [5.41, 5.74) is 0. The Bertz CT molecular complexity index is 1680. The van der Waals surface area contributed by atoms with Crippen molar-refractivity contribution >= 4 is 25.7 Å². The Kier molecular flexibility index (Phi) is 56.8. The van der Waals surface area contributed by atoms with Gasteiger partial charge in [-0.05, 0) is 116 Å². The normalized spacial score (nSPS) is 14.0. The molecule has 0 spiro atoms. The number of hydrogen-bond acceptors (Lipinski definition) is 10. The minimum absolute atomic E-state index is 0.124. The van der Waals surface area contributed by atoms with Gasteiger partial charge in [0.05, 0.1) is 19.8 Å². The third-order valence-corrected chi connectivity index (χ3v) is 13.9. The molecule has 2 N–H and O–H groups in total. The number of phosphoric ester groups is 1. The highest BCUT2D eigenvalue weighted by Crippen LogP contribution is 2.43. The van der Waals surface area contributed by atoms with Crippen LogP contribution in [-0.2, 0) is 42.2 Å². The predicted molar refractivity (Wildman–Crippen MR) is 325 cm³/mol.